The first-order valence-corrected chi connectivity index (χ1v) is 6.81. The SMILES string of the molecule is C/C=C(\C)C(=O)OCc1cccc(Oc2ccccc2)c1. The molecular weight excluding hydrogens is 264 g/mol. The standard InChI is InChI=1S/C18H18O3/c1-3-14(2)18(19)20-13-15-8-7-11-17(12-15)21-16-9-5-4-6-10-16/h3-12H,13H2,1-2H3/b14-3+. The molecule has 0 fully saturated rings. The molecule has 0 unspecified atom stereocenters. The third kappa shape index (κ3) is 4.49. The topological polar surface area (TPSA) is 35.5 Å². The van der Waals surface area contributed by atoms with Gasteiger partial charge in [0.25, 0.3) is 0 Å². The minimum atomic E-state index is -0.299. The molecule has 0 aromatic heterocycles. The lowest BCUT2D eigenvalue weighted by Crippen LogP contribution is -2.05. The zero-order valence-electron chi connectivity index (χ0n) is 12.2. The van der Waals surface area contributed by atoms with Gasteiger partial charge in [0, 0.05) is 5.57 Å². The zero-order valence-corrected chi connectivity index (χ0v) is 12.2. The predicted molar refractivity (Wildman–Crippen MR) is 82.2 cm³/mol. The van der Waals surface area contributed by atoms with Crippen molar-refractivity contribution in [3.63, 3.8) is 0 Å². The second-order valence-electron chi connectivity index (χ2n) is 4.61. The van der Waals surface area contributed by atoms with Crippen LogP contribution in [0.5, 0.6) is 11.5 Å². The third-order valence-electron chi connectivity index (χ3n) is 3.00. The van der Waals surface area contributed by atoms with Crippen molar-refractivity contribution in [2.45, 2.75) is 20.5 Å². The highest BCUT2D eigenvalue weighted by molar-refractivity contribution is 5.87. The molecule has 0 aliphatic heterocycles. The number of rotatable bonds is 5. The number of allylic oxidation sites excluding steroid dienone is 1. The number of para-hydroxylation sites is 1. The van der Waals surface area contributed by atoms with E-state index in [4.69, 9.17) is 9.47 Å². The van der Waals surface area contributed by atoms with Crippen molar-refractivity contribution in [2.75, 3.05) is 0 Å². The number of benzene rings is 2. The van der Waals surface area contributed by atoms with Gasteiger partial charge in [0.2, 0.25) is 0 Å². The van der Waals surface area contributed by atoms with Crippen molar-refractivity contribution in [3.05, 3.63) is 71.8 Å². The van der Waals surface area contributed by atoms with E-state index in [9.17, 15) is 4.79 Å². The van der Waals surface area contributed by atoms with Crippen LogP contribution in [0.25, 0.3) is 0 Å². The third-order valence-corrected chi connectivity index (χ3v) is 3.00. The minimum Gasteiger partial charge on any atom is -0.457 e. The van der Waals surface area contributed by atoms with Crippen molar-refractivity contribution >= 4 is 5.97 Å². The Morgan fingerprint density at radius 3 is 2.48 bits per heavy atom. The molecule has 0 radical (unpaired) electrons. The van der Waals surface area contributed by atoms with Gasteiger partial charge in [-0.25, -0.2) is 4.79 Å². The predicted octanol–water partition coefficient (Wildman–Crippen LogP) is 4.49. The van der Waals surface area contributed by atoms with Crippen LogP contribution in [-0.2, 0) is 16.1 Å². The van der Waals surface area contributed by atoms with Gasteiger partial charge in [0.1, 0.15) is 18.1 Å². The molecule has 2 aromatic carbocycles. The summed E-state index contributed by atoms with van der Waals surface area (Å²) in [6.07, 6.45) is 1.73. The Labute approximate surface area is 124 Å². The van der Waals surface area contributed by atoms with Crippen LogP contribution < -0.4 is 4.74 Å². The summed E-state index contributed by atoms with van der Waals surface area (Å²) in [5.41, 5.74) is 1.49. The fourth-order valence-electron chi connectivity index (χ4n) is 1.70. The van der Waals surface area contributed by atoms with Crippen LogP contribution in [0.15, 0.2) is 66.2 Å². The summed E-state index contributed by atoms with van der Waals surface area (Å²) in [7, 11) is 0. The van der Waals surface area contributed by atoms with E-state index in [0.717, 1.165) is 17.1 Å². The van der Waals surface area contributed by atoms with Crippen LogP contribution in [0, 0.1) is 0 Å². The van der Waals surface area contributed by atoms with E-state index in [1.807, 2.05) is 61.5 Å². The molecule has 0 atom stereocenters. The van der Waals surface area contributed by atoms with Crippen molar-refractivity contribution in [3.8, 4) is 11.5 Å². The van der Waals surface area contributed by atoms with Gasteiger partial charge in [0.05, 0.1) is 0 Å². The highest BCUT2D eigenvalue weighted by Gasteiger charge is 2.05. The summed E-state index contributed by atoms with van der Waals surface area (Å²) >= 11 is 0. The Morgan fingerprint density at radius 2 is 1.76 bits per heavy atom. The summed E-state index contributed by atoms with van der Waals surface area (Å²) < 4.78 is 11.0. The van der Waals surface area contributed by atoms with Crippen LogP contribution in [0.3, 0.4) is 0 Å². The highest BCUT2D eigenvalue weighted by atomic mass is 16.5. The lowest BCUT2D eigenvalue weighted by atomic mass is 10.2. The average molecular weight is 282 g/mol. The number of hydrogen-bond donors (Lipinski definition) is 0. The smallest absolute Gasteiger partial charge is 0.333 e. The van der Waals surface area contributed by atoms with Gasteiger partial charge in [0.15, 0.2) is 0 Å². The largest absolute Gasteiger partial charge is 0.457 e. The quantitative estimate of drug-likeness (QED) is 0.599. The van der Waals surface area contributed by atoms with E-state index >= 15 is 0 Å². The molecule has 3 nitrogen and oxygen atoms in total. The molecule has 2 aromatic rings. The average Bonchev–Trinajstić information content (AvgIpc) is 2.53. The summed E-state index contributed by atoms with van der Waals surface area (Å²) in [4.78, 5) is 11.6. The fourth-order valence-corrected chi connectivity index (χ4v) is 1.70. The minimum absolute atomic E-state index is 0.232. The van der Waals surface area contributed by atoms with E-state index in [2.05, 4.69) is 0 Å². The summed E-state index contributed by atoms with van der Waals surface area (Å²) in [5, 5.41) is 0. The van der Waals surface area contributed by atoms with Crippen molar-refractivity contribution in [2.24, 2.45) is 0 Å². The molecule has 2 rings (SSSR count). The van der Waals surface area contributed by atoms with Gasteiger partial charge in [-0.3, -0.25) is 0 Å². The monoisotopic (exact) mass is 282 g/mol. The number of hydrogen-bond acceptors (Lipinski definition) is 3. The summed E-state index contributed by atoms with van der Waals surface area (Å²) in [5.74, 6) is 1.20. The summed E-state index contributed by atoms with van der Waals surface area (Å²) in [6, 6.07) is 17.1. The first kappa shape index (κ1) is 14.9. The Bertz CT molecular complexity index is 630. The first-order chi connectivity index (χ1) is 10.2. The van der Waals surface area contributed by atoms with Crippen LogP contribution >= 0.6 is 0 Å². The molecular formula is C18H18O3. The molecule has 0 aliphatic rings. The van der Waals surface area contributed by atoms with Gasteiger partial charge in [-0.1, -0.05) is 36.4 Å². The molecule has 108 valence electrons. The van der Waals surface area contributed by atoms with Gasteiger partial charge in [-0.2, -0.15) is 0 Å². The van der Waals surface area contributed by atoms with Crippen molar-refractivity contribution in [1.82, 2.24) is 0 Å². The maximum Gasteiger partial charge on any atom is 0.333 e. The number of carbonyl (C=O) groups is 1. The van der Waals surface area contributed by atoms with Crippen molar-refractivity contribution in [1.29, 1.82) is 0 Å². The second-order valence-corrected chi connectivity index (χ2v) is 4.61. The van der Waals surface area contributed by atoms with Crippen LogP contribution in [0.2, 0.25) is 0 Å². The molecule has 0 saturated carbocycles. The Kier molecular flexibility index (Phi) is 5.16. The number of carbonyl (C=O) groups excluding carboxylic acids is 1. The number of esters is 1. The van der Waals surface area contributed by atoms with Crippen molar-refractivity contribution < 1.29 is 14.3 Å². The molecule has 3 heteroatoms. The second kappa shape index (κ2) is 7.29. The number of ether oxygens (including phenoxy) is 2. The van der Waals surface area contributed by atoms with Gasteiger partial charge in [-0.15, -0.1) is 0 Å². The van der Waals surface area contributed by atoms with E-state index in [1.165, 1.54) is 0 Å². The molecule has 0 aliphatic carbocycles. The Morgan fingerprint density at radius 1 is 1.05 bits per heavy atom. The molecule has 0 spiro atoms. The van der Waals surface area contributed by atoms with E-state index in [0.29, 0.717) is 5.57 Å². The lowest BCUT2D eigenvalue weighted by Gasteiger charge is -2.08. The van der Waals surface area contributed by atoms with E-state index in [1.54, 1.807) is 13.0 Å². The van der Waals surface area contributed by atoms with E-state index < -0.39 is 0 Å². The Balaban J connectivity index is 2.00. The molecule has 21 heavy (non-hydrogen) atoms. The van der Waals surface area contributed by atoms with Crippen LogP contribution in [0.4, 0.5) is 0 Å². The molecule has 0 amide bonds. The zero-order chi connectivity index (χ0) is 15.1. The molecule has 0 saturated heterocycles. The maximum atomic E-state index is 11.6. The van der Waals surface area contributed by atoms with Gasteiger partial charge >= 0.3 is 5.97 Å². The fraction of sp³-hybridized carbons (Fsp3) is 0.167. The van der Waals surface area contributed by atoms with Crippen LogP contribution in [0.1, 0.15) is 19.4 Å². The highest BCUT2D eigenvalue weighted by Crippen LogP contribution is 2.22. The summed E-state index contributed by atoms with van der Waals surface area (Å²) in [6.45, 7) is 3.78. The van der Waals surface area contributed by atoms with Gasteiger partial charge < -0.3 is 9.47 Å². The first-order valence-electron chi connectivity index (χ1n) is 6.81. The normalized spacial score (nSPS) is 11.0. The lowest BCUT2D eigenvalue weighted by molar-refractivity contribution is -0.140. The molecule has 0 N–H and O–H groups in total. The molecule has 0 bridgehead atoms. The van der Waals surface area contributed by atoms with E-state index in [-0.39, 0.29) is 12.6 Å². The Hall–Kier alpha value is -2.55. The molecule has 0 heterocycles. The van der Waals surface area contributed by atoms with Crippen LogP contribution in [-0.4, -0.2) is 5.97 Å². The maximum absolute atomic E-state index is 11.6. The van der Waals surface area contributed by atoms with Gasteiger partial charge in [-0.05, 0) is 43.7 Å².